The molecule has 2 amide bonds. The maximum absolute atomic E-state index is 11.5. The van der Waals surface area contributed by atoms with Crippen LogP contribution in [-0.2, 0) is 11.2 Å². The van der Waals surface area contributed by atoms with Gasteiger partial charge in [-0.15, -0.1) is 0 Å². The Morgan fingerprint density at radius 3 is 2.50 bits per heavy atom. The van der Waals surface area contributed by atoms with Crippen LogP contribution in [0.4, 0.5) is 4.79 Å². The number of benzene rings is 1. The first-order chi connectivity index (χ1) is 12.5. The number of nitrogens with zero attached hydrogens (tertiary/aromatic N) is 1. The molecule has 1 aliphatic heterocycles. The van der Waals surface area contributed by atoms with Gasteiger partial charge in [0.05, 0.1) is 11.5 Å². The number of ether oxygens (including phenoxy) is 1. The number of aromatic nitrogens is 1. The van der Waals surface area contributed by atoms with Gasteiger partial charge >= 0.3 is 0 Å². The van der Waals surface area contributed by atoms with Crippen molar-refractivity contribution < 1.29 is 14.3 Å². The summed E-state index contributed by atoms with van der Waals surface area (Å²) in [5, 5.41) is 1.90. The second kappa shape index (κ2) is 8.19. The minimum Gasteiger partial charge on any atom is -0.493 e. The smallest absolute Gasteiger partial charge is 0.290 e. The summed E-state index contributed by atoms with van der Waals surface area (Å²) < 4.78 is 5.75. The van der Waals surface area contributed by atoms with Crippen molar-refractivity contribution in [3.63, 3.8) is 0 Å². The van der Waals surface area contributed by atoms with Gasteiger partial charge in [-0.25, -0.2) is 0 Å². The number of nitrogens with one attached hydrogen (secondary N) is 1. The summed E-state index contributed by atoms with van der Waals surface area (Å²) >= 11 is 0.910. The van der Waals surface area contributed by atoms with Crippen molar-refractivity contribution in [1.29, 1.82) is 0 Å². The molecule has 1 aromatic heterocycles. The fourth-order valence-corrected chi connectivity index (χ4v) is 3.11. The summed E-state index contributed by atoms with van der Waals surface area (Å²) in [6.07, 6.45) is 4.35. The van der Waals surface area contributed by atoms with Gasteiger partial charge in [0.25, 0.3) is 11.1 Å². The number of carbonyl (C=O) groups is 2. The van der Waals surface area contributed by atoms with E-state index in [4.69, 9.17) is 4.74 Å². The lowest BCUT2D eigenvalue weighted by Gasteiger charge is -2.08. The summed E-state index contributed by atoms with van der Waals surface area (Å²) in [7, 11) is 0. The SMILES string of the molecule is CC(C)c1ccc(CCOc2ccc(C=C3SC(=O)NC3=O)cc2)nc1. The van der Waals surface area contributed by atoms with E-state index in [0.717, 1.165) is 35.2 Å². The maximum Gasteiger partial charge on any atom is 0.290 e. The van der Waals surface area contributed by atoms with Gasteiger partial charge in [0.15, 0.2) is 0 Å². The highest BCUT2D eigenvalue weighted by atomic mass is 32.2. The number of imide groups is 1. The summed E-state index contributed by atoms with van der Waals surface area (Å²) in [6, 6.07) is 11.6. The Kier molecular flexibility index (Phi) is 5.73. The molecule has 1 aliphatic rings. The molecule has 0 bridgehead atoms. The number of hydrogen-bond acceptors (Lipinski definition) is 5. The fraction of sp³-hybridized carbons (Fsp3) is 0.250. The van der Waals surface area contributed by atoms with E-state index in [1.54, 1.807) is 6.08 Å². The molecule has 134 valence electrons. The zero-order chi connectivity index (χ0) is 18.5. The van der Waals surface area contributed by atoms with Crippen LogP contribution in [-0.4, -0.2) is 22.7 Å². The van der Waals surface area contributed by atoms with Gasteiger partial charge < -0.3 is 4.74 Å². The molecule has 5 nitrogen and oxygen atoms in total. The summed E-state index contributed by atoms with van der Waals surface area (Å²) in [5.74, 6) is 0.884. The van der Waals surface area contributed by atoms with Gasteiger partial charge in [-0.2, -0.15) is 0 Å². The quantitative estimate of drug-likeness (QED) is 0.776. The highest BCUT2D eigenvalue weighted by Crippen LogP contribution is 2.26. The molecular formula is C20H20N2O3S. The zero-order valence-corrected chi connectivity index (χ0v) is 15.5. The van der Waals surface area contributed by atoms with E-state index in [0.29, 0.717) is 17.4 Å². The van der Waals surface area contributed by atoms with Crippen LogP contribution in [0.15, 0.2) is 47.5 Å². The average Bonchev–Trinajstić information content (AvgIpc) is 2.94. The van der Waals surface area contributed by atoms with Gasteiger partial charge in [0, 0.05) is 18.3 Å². The van der Waals surface area contributed by atoms with Crippen LogP contribution in [0.2, 0.25) is 0 Å². The summed E-state index contributed by atoms with van der Waals surface area (Å²) in [6.45, 7) is 4.84. The van der Waals surface area contributed by atoms with Crippen LogP contribution in [0, 0.1) is 0 Å². The lowest BCUT2D eigenvalue weighted by atomic mass is 10.1. The first kappa shape index (κ1) is 18.2. The molecule has 2 heterocycles. The van der Waals surface area contributed by atoms with E-state index in [1.807, 2.05) is 36.5 Å². The van der Waals surface area contributed by atoms with Crippen LogP contribution >= 0.6 is 11.8 Å². The molecule has 2 aromatic rings. The van der Waals surface area contributed by atoms with E-state index in [1.165, 1.54) is 5.56 Å². The standard InChI is InChI=1S/C20H20N2O3S/c1-13(2)15-5-6-16(21-12-15)9-10-25-17-7-3-14(4-8-17)11-18-19(23)22-20(24)26-18/h3-8,11-13H,9-10H2,1-2H3,(H,22,23,24). The van der Waals surface area contributed by atoms with Gasteiger partial charge in [-0.05, 0) is 53.1 Å². The number of rotatable bonds is 6. The molecule has 0 spiro atoms. The molecule has 6 heteroatoms. The lowest BCUT2D eigenvalue weighted by molar-refractivity contribution is -0.115. The van der Waals surface area contributed by atoms with Crippen LogP contribution in [0.5, 0.6) is 5.75 Å². The molecule has 0 radical (unpaired) electrons. The third kappa shape index (κ3) is 4.73. The lowest BCUT2D eigenvalue weighted by Crippen LogP contribution is -2.17. The predicted molar refractivity (Wildman–Crippen MR) is 103 cm³/mol. The van der Waals surface area contributed by atoms with Gasteiger partial charge in [0.1, 0.15) is 5.75 Å². The monoisotopic (exact) mass is 368 g/mol. The normalized spacial score (nSPS) is 15.6. The topological polar surface area (TPSA) is 68.3 Å². The molecule has 1 aromatic carbocycles. The minimum atomic E-state index is -0.351. The van der Waals surface area contributed by atoms with Crippen LogP contribution in [0.1, 0.15) is 36.6 Å². The van der Waals surface area contributed by atoms with Crippen molar-refractivity contribution >= 4 is 29.0 Å². The van der Waals surface area contributed by atoms with Crippen molar-refractivity contribution in [2.24, 2.45) is 0 Å². The first-order valence-corrected chi connectivity index (χ1v) is 9.25. The molecular weight excluding hydrogens is 348 g/mol. The zero-order valence-electron chi connectivity index (χ0n) is 14.7. The molecule has 1 N–H and O–H groups in total. The van der Waals surface area contributed by atoms with E-state index < -0.39 is 0 Å². The Bertz CT molecular complexity index is 827. The molecule has 0 atom stereocenters. The van der Waals surface area contributed by atoms with Crippen molar-refractivity contribution in [2.75, 3.05) is 6.61 Å². The van der Waals surface area contributed by atoms with E-state index >= 15 is 0 Å². The number of amides is 2. The third-order valence-corrected chi connectivity index (χ3v) is 4.77. The van der Waals surface area contributed by atoms with Gasteiger partial charge in [0.2, 0.25) is 0 Å². The van der Waals surface area contributed by atoms with E-state index in [2.05, 4.69) is 30.2 Å². The van der Waals surface area contributed by atoms with Crippen LogP contribution < -0.4 is 10.1 Å². The van der Waals surface area contributed by atoms with Gasteiger partial charge in [-0.3, -0.25) is 19.9 Å². The van der Waals surface area contributed by atoms with Gasteiger partial charge in [-0.1, -0.05) is 32.0 Å². The van der Waals surface area contributed by atoms with E-state index in [9.17, 15) is 9.59 Å². The first-order valence-electron chi connectivity index (χ1n) is 8.44. The molecule has 26 heavy (non-hydrogen) atoms. The predicted octanol–water partition coefficient (Wildman–Crippen LogP) is 4.15. The number of carbonyl (C=O) groups excluding carboxylic acids is 2. The number of pyridine rings is 1. The molecule has 3 rings (SSSR count). The van der Waals surface area contributed by atoms with E-state index in [-0.39, 0.29) is 11.1 Å². The largest absolute Gasteiger partial charge is 0.493 e. The highest BCUT2D eigenvalue weighted by molar-refractivity contribution is 8.18. The second-order valence-corrected chi connectivity index (χ2v) is 7.27. The van der Waals surface area contributed by atoms with Crippen molar-refractivity contribution in [3.8, 4) is 5.75 Å². The summed E-state index contributed by atoms with van der Waals surface area (Å²) in [4.78, 5) is 27.6. The van der Waals surface area contributed by atoms with Crippen molar-refractivity contribution in [3.05, 3.63) is 64.3 Å². The molecule has 1 fully saturated rings. The molecule has 1 saturated heterocycles. The number of thioether (sulfide) groups is 1. The summed E-state index contributed by atoms with van der Waals surface area (Å²) in [5.41, 5.74) is 3.08. The van der Waals surface area contributed by atoms with Crippen LogP contribution in [0.25, 0.3) is 6.08 Å². The Hall–Kier alpha value is -2.60. The Morgan fingerprint density at radius 2 is 1.92 bits per heavy atom. The second-order valence-electron chi connectivity index (χ2n) is 6.26. The fourth-order valence-electron chi connectivity index (χ4n) is 2.43. The molecule has 0 saturated carbocycles. The number of hydrogen-bond donors (Lipinski definition) is 1. The average molecular weight is 368 g/mol. The molecule has 0 aliphatic carbocycles. The minimum absolute atomic E-state index is 0.337. The third-order valence-electron chi connectivity index (χ3n) is 3.96. The Labute approximate surface area is 156 Å². The highest BCUT2D eigenvalue weighted by Gasteiger charge is 2.24. The Balaban J connectivity index is 1.52. The Morgan fingerprint density at radius 1 is 1.15 bits per heavy atom. The van der Waals surface area contributed by atoms with Crippen molar-refractivity contribution in [2.45, 2.75) is 26.2 Å². The van der Waals surface area contributed by atoms with Crippen LogP contribution in [0.3, 0.4) is 0 Å². The maximum atomic E-state index is 11.5. The van der Waals surface area contributed by atoms with Crippen molar-refractivity contribution in [1.82, 2.24) is 10.3 Å². The molecule has 0 unspecified atom stereocenters.